The molecular formula is C16H17N3O2S2. The van der Waals surface area contributed by atoms with E-state index < -0.39 is 0 Å². The number of thiophene rings is 1. The number of amides is 1. The molecule has 3 aromatic rings. The van der Waals surface area contributed by atoms with Crippen molar-refractivity contribution in [3.05, 3.63) is 35.2 Å². The Morgan fingerprint density at radius 2 is 2.00 bits per heavy atom. The second-order valence-corrected chi connectivity index (χ2v) is 6.96. The first kappa shape index (κ1) is 15.8. The zero-order valence-electron chi connectivity index (χ0n) is 12.9. The number of carbonyl (C=O) groups is 1. The zero-order chi connectivity index (χ0) is 16.4. The van der Waals surface area contributed by atoms with Crippen LogP contribution >= 0.6 is 22.7 Å². The number of nitrogens with zero attached hydrogens (tertiary/aromatic N) is 2. The third-order valence-electron chi connectivity index (χ3n) is 3.49. The van der Waals surface area contributed by atoms with Gasteiger partial charge in [0.2, 0.25) is 0 Å². The highest BCUT2D eigenvalue weighted by Gasteiger charge is 2.16. The quantitative estimate of drug-likeness (QED) is 0.680. The summed E-state index contributed by atoms with van der Waals surface area (Å²) in [6.45, 7) is 6.03. The van der Waals surface area contributed by atoms with Gasteiger partial charge in [0.25, 0.3) is 5.91 Å². The molecule has 0 saturated carbocycles. The molecule has 2 heterocycles. The summed E-state index contributed by atoms with van der Waals surface area (Å²) in [4.78, 5) is 20.6. The smallest absolute Gasteiger partial charge is 0.265 e. The molecule has 7 heteroatoms. The second-order valence-electron chi connectivity index (χ2n) is 4.92. The maximum absolute atomic E-state index is 12.3. The SMILES string of the molecule is CCN(CC)c1nc2sc(C(=O)Nc3ccccc3O)cc2s1. The summed E-state index contributed by atoms with van der Waals surface area (Å²) < 4.78 is 1.01. The molecular weight excluding hydrogens is 330 g/mol. The van der Waals surface area contributed by atoms with Gasteiger partial charge in [-0.15, -0.1) is 11.3 Å². The Labute approximate surface area is 142 Å². The van der Waals surface area contributed by atoms with E-state index in [0.29, 0.717) is 10.6 Å². The van der Waals surface area contributed by atoms with Crippen LogP contribution in [0.2, 0.25) is 0 Å². The molecule has 0 spiro atoms. The van der Waals surface area contributed by atoms with E-state index in [2.05, 4.69) is 29.0 Å². The predicted molar refractivity (Wildman–Crippen MR) is 97.1 cm³/mol. The van der Waals surface area contributed by atoms with Crippen LogP contribution in [-0.4, -0.2) is 29.1 Å². The fourth-order valence-corrected chi connectivity index (χ4v) is 4.46. The molecule has 0 aliphatic heterocycles. The lowest BCUT2D eigenvalue weighted by Gasteiger charge is -2.16. The van der Waals surface area contributed by atoms with Gasteiger partial charge in [-0.05, 0) is 32.0 Å². The molecule has 23 heavy (non-hydrogen) atoms. The average molecular weight is 347 g/mol. The number of aromatic nitrogens is 1. The number of fused-ring (bicyclic) bond motifs is 1. The zero-order valence-corrected chi connectivity index (χ0v) is 14.5. The van der Waals surface area contributed by atoms with E-state index in [4.69, 9.17) is 0 Å². The van der Waals surface area contributed by atoms with Crippen molar-refractivity contribution in [2.75, 3.05) is 23.3 Å². The van der Waals surface area contributed by atoms with Gasteiger partial charge in [-0.25, -0.2) is 4.98 Å². The van der Waals surface area contributed by atoms with E-state index in [0.717, 1.165) is 27.8 Å². The van der Waals surface area contributed by atoms with Crippen LogP contribution in [0.25, 0.3) is 9.53 Å². The molecule has 5 nitrogen and oxygen atoms in total. The third-order valence-corrected chi connectivity index (χ3v) is 5.71. The molecule has 0 saturated heterocycles. The van der Waals surface area contributed by atoms with Crippen molar-refractivity contribution >= 4 is 48.9 Å². The van der Waals surface area contributed by atoms with Gasteiger partial charge < -0.3 is 15.3 Å². The van der Waals surface area contributed by atoms with Gasteiger partial charge in [-0.3, -0.25) is 4.79 Å². The fraction of sp³-hybridized carbons (Fsp3) is 0.250. The Morgan fingerprint density at radius 3 is 2.65 bits per heavy atom. The summed E-state index contributed by atoms with van der Waals surface area (Å²) in [5, 5.41) is 13.4. The molecule has 0 atom stereocenters. The molecule has 1 aromatic carbocycles. The number of thiazole rings is 1. The second kappa shape index (κ2) is 6.55. The highest BCUT2D eigenvalue weighted by atomic mass is 32.1. The van der Waals surface area contributed by atoms with Crippen LogP contribution in [0.3, 0.4) is 0 Å². The Balaban J connectivity index is 1.82. The normalized spacial score (nSPS) is 10.9. The van der Waals surface area contributed by atoms with Crippen LogP contribution < -0.4 is 10.2 Å². The van der Waals surface area contributed by atoms with Crippen LogP contribution in [-0.2, 0) is 0 Å². The summed E-state index contributed by atoms with van der Waals surface area (Å²) in [7, 11) is 0. The number of phenolic OH excluding ortho intramolecular Hbond substituents is 1. The lowest BCUT2D eigenvalue weighted by Crippen LogP contribution is -2.21. The van der Waals surface area contributed by atoms with Gasteiger partial charge in [0.05, 0.1) is 15.3 Å². The molecule has 2 N–H and O–H groups in total. The van der Waals surface area contributed by atoms with E-state index in [9.17, 15) is 9.90 Å². The minimum atomic E-state index is -0.230. The Hall–Kier alpha value is -2.12. The van der Waals surface area contributed by atoms with Gasteiger partial charge in [0, 0.05) is 13.1 Å². The highest BCUT2D eigenvalue weighted by molar-refractivity contribution is 7.29. The monoisotopic (exact) mass is 347 g/mol. The van der Waals surface area contributed by atoms with Crippen molar-refractivity contribution in [2.24, 2.45) is 0 Å². The first-order valence-corrected chi connectivity index (χ1v) is 9.00. The molecule has 0 fully saturated rings. The molecule has 0 aliphatic rings. The van der Waals surface area contributed by atoms with Crippen molar-refractivity contribution in [1.29, 1.82) is 0 Å². The highest BCUT2D eigenvalue weighted by Crippen LogP contribution is 2.35. The van der Waals surface area contributed by atoms with E-state index in [1.165, 1.54) is 11.3 Å². The Kier molecular flexibility index (Phi) is 4.49. The van der Waals surface area contributed by atoms with Crippen LogP contribution in [0.15, 0.2) is 30.3 Å². The maximum atomic E-state index is 12.3. The largest absolute Gasteiger partial charge is 0.506 e. The minimum Gasteiger partial charge on any atom is -0.506 e. The molecule has 3 rings (SSSR count). The van der Waals surface area contributed by atoms with Crippen molar-refractivity contribution in [3.8, 4) is 5.75 Å². The Bertz CT molecular complexity index is 805. The van der Waals surface area contributed by atoms with Gasteiger partial charge in [0.15, 0.2) is 5.13 Å². The number of para-hydroxylation sites is 2. The minimum absolute atomic E-state index is 0.0566. The van der Waals surface area contributed by atoms with Crippen molar-refractivity contribution in [1.82, 2.24) is 4.98 Å². The van der Waals surface area contributed by atoms with Crippen LogP contribution in [0.1, 0.15) is 23.5 Å². The number of aromatic hydroxyl groups is 1. The average Bonchev–Trinajstić information content (AvgIpc) is 3.10. The topological polar surface area (TPSA) is 65.5 Å². The van der Waals surface area contributed by atoms with Crippen molar-refractivity contribution in [3.63, 3.8) is 0 Å². The van der Waals surface area contributed by atoms with Gasteiger partial charge in [-0.2, -0.15) is 0 Å². The van der Waals surface area contributed by atoms with E-state index in [1.807, 2.05) is 6.07 Å². The molecule has 2 aromatic heterocycles. The summed E-state index contributed by atoms with van der Waals surface area (Å²) in [5.74, 6) is -0.174. The standard InChI is InChI=1S/C16H17N3O2S2/c1-3-19(4-2)16-18-15-13(23-16)9-12(22-15)14(21)17-10-7-5-6-8-11(10)20/h5-9,20H,3-4H2,1-2H3,(H,17,21). The Morgan fingerprint density at radius 1 is 1.26 bits per heavy atom. The number of carbonyl (C=O) groups excluding carboxylic acids is 1. The number of hydrogen-bond donors (Lipinski definition) is 2. The molecule has 1 amide bonds. The van der Waals surface area contributed by atoms with E-state index in [1.54, 1.807) is 35.6 Å². The predicted octanol–water partition coefficient (Wildman–Crippen LogP) is 4.16. The summed E-state index contributed by atoms with van der Waals surface area (Å²) in [6.07, 6.45) is 0. The molecule has 0 radical (unpaired) electrons. The third kappa shape index (κ3) is 3.16. The van der Waals surface area contributed by atoms with Crippen molar-refractivity contribution < 1.29 is 9.90 Å². The summed E-state index contributed by atoms with van der Waals surface area (Å²) in [6, 6.07) is 8.55. The molecule has 120 valence electrons. The van der Waals surface area contributed by atoms with Crippen LogP contribution in [0.5, 0.6) is 5.75 Å². The van der Waals surface area contributed by atoms with Gasteiger partial charge in [-0.1, -0.05) is 23.5 Å². The van der Waals surface area contributed by atoms with Crippen LogP contribution in [0, 0.1) is 0 Å². The number of nitrogens with one attached hydrogen (secondary N) is 1. The number of hydrogen-bond acceptors (Lipinski definition) is 6. The first-order valence-electron chi connectivity index (χ1n) is 7.37. The molecule has 0 bridgehead atoms. The first-order chi connectivity index (χ1) is 11.1. The molecule has 0 aliphatic carbocycles. The lowest BCUT2D eigenvalue weighted by molar-refractivity contribution is 0.103. The van der Waals surface area contributed by atoms with Gasteiger partial charge >= 0.3 is 0 Å². The number of rotatable bonds is 5. The van der Waals surface area contributed by atoms with E-state index in [-0.39, 0.29) is 11.7 Å². The maximum Gasteiger partial charge on any atom is 0.265 e. The summed E-state index contributed by atoms with van der Waals surface area (Å²) in [5.41, 5.74) is 0.408. The van der Waals surface area contributed by atoms with Gasteiger partial charge in [0.1, 0.15) is 10.6 Å². The number of benzene rings is 1. The number of anilines is 2. The van der Waals surface area contributed by atoms with E-state index >= 15 is 0 Å². The van der Waals surface area contributed by atoms with Crippen LogP contribution in [0.4, 0.5) is 10.8 Å². The summed E-state index contributed by atoms with van der Waals surface area (Å²) >= 11 is 2.97. The van der Waals surface area contributed by atoms with Crippen molar-refractivity contribution in [2.45, 2.75) is 13.8 Å². The molecule has 0 unspecified atom stereocenters. The number of phenols is 1. The fourth-order valence-electron chi connectivity index (χ4n) is 2.23. The lowest BCUT2D eigenvalue weighted by atomic mass is 10.3.